The van der Waals surface area contributed by atoms with Gasteiger partial charge >= 0.3 is 30.0 Å². The van der Waals surface area contributed by atoms with Gasteiger partial charge in [-0.3, -0.25) is 19.2 Å². The third-order valence-corrected chi connectivity index (χ3v) is 4.67. The molecule has 1 N–H and O–H groups in total. The van der Waals surface area contributed by atoms with E-state index >= 15 is 0 Å². The number of hydrogen-bond donors (Lipinski definition) is 1. The van der Waals surface area contributed by atoms with Gasteiger partial charge in [0, 0.05) is 39.6 Å². The molecule has 0 bridgehead atoms. The van der Waals surface area contributed by atoms with Crippen molar-refractivity contribution in [1.29, 1.82) is 0 Å². The molecule has 1 fully saturated rings. The number of rotatable bonds is 11. The van der Waals surface area contributed by atoms with E-state index in [-0.39, 0.29) is 19.8 Å². The van der Waals surface area contributed by atoms with Gasteiger partial charge in [-0.25, -0.2) is 4.79 Å². The second kappa shape index (κ2) is 14.8. The van der Waals surface area contributed by atoms with E-state index in [0.29, 0.717) is 0 Å². The zero-order valence-electron chi connectivity index (χ0n) is 23.8. The molecular weight excluding hydrogens is 494 g/mol. The topological polar surface area (TPSA) is 162 Å². The van der Waals surface area contributed by atoms with Gasteiger partial charge in [0.25, 0.3) is 0 Å². The van der Waals surface area contributed by atoms with E-state index in [4.69, 9.17) is 38.6 Å². The van der Waals surface area contributed by atoms with Crippen LogP contribution in [0.2, 0.25) is 0 Å². The van der Waals surface area contributed by atoms with E-state index in [1.807, 2.05) is 6.07 Å². The van der Waals surface area contributed by atoms with Crippen molar-refractivity contribution in [1.82, 2.24) is 5.32 Å². The molecule has 1 saturated heterocycles. The minimum atomic E-state index is -1.67. The largest absolute Gasteiger partial charge is 0.463 e. The van der Waals surface area contributed by atoms with Crippen molar-refractivity contribution in [2.75, 3.05) is 19.8 Å². The molecule has 13 nitrogen and oxygen atoms in total. The summed E-state index contributed by atoms with van der Waals surface area (Å²) < 4.78 is 66.0. The van der Waals surface area contributed by atoms with Gasteiger partial charge in [-0.05, 0) is 5.56 Å². The molecule has 1 aliphatic rings. The van der Waals surface area contributed by atoms with Crippen LogP contribution in [0.1, 0.15) is 38.6 Å². The molecule has 5 atom stereocenters. The number of esters is 4. The molecule has 0 aliphatic carbocycles. The number of hydrogen-bond acceptors (Lipinski definition) is 12. The summed E-state index contributed by atoms with van der Waals surface area (Å²) in [5.74, 6) is -4.26. The normalized spacial score (nSPS) is 24.2. The van der Waals surface area contributed by atoms with Crippen molar-refractivity contribution in [3.05, 3.63) is 35.9 Å². The van der Waals surface area contributed by atoms with E-state index in [9.17, 15) is 24.0 Å². The van der Waals surface area contributed by atoms with Crippen LogP contribution >= 0.6 is 0 Å². The molecule has 204 valence electrons. The highest BCUT2D eigenvalue weighted by Crippen LogP contribution is 2.29. The van der Waals surface area contributed by atoms with Gasteiger partial charge in [0.15, 0.2) is 24.6 Å². The fourth-order valence-corrected chi connectivity index (χ4v) is 3.28. The zero-order valence-corrected chi connectivity index (χ0v) is 19.8. The van der Waals surface area contributed by atoms with Crippen molar-refractivity contribution < 1.29 is 62.6 Å². The molecule has 1 aliphatic heterocycles. The van der Waals surface area contributed by atoms with Crippen LogP contribution in [0.3, 0.4) is 0 Å². The Kier molecular flexibility index (Phi) is 9.44. The first-order chi connectivity index (χ1) is 19.7. The van der Waals surface area contributed by atoms with Crippen molar-refractivity contribution in [3.63, 3.8) is 0 Å². The summed E-state index contributed by atoms with van der Waals surface area (Å²) >= 11 is 0. The number of alkyl carbamates (subject to hydrolysis) is 1. The molecule has 2 rings (SSSR count). The van der Waals surface area contributed by atoms with Gasteiger partial charge in [0.2, 0.25) is 0 Å². The highest BCUT2D eigenvalue weighted by molar-refractivity contribution is 5.69. The Morgan fingerprint density at radius 1 is 0.838 bits per heavy atom. The molecule has 13 heteroatoms. The molecule has 0 saturated carbocycles. The van der Waals surface area contributed by atoms with Gasteiger partial charge in [0.1, 0.15) is 19.3 Å². The average Bonchev–Trinajstić information content (AvgIpc) is 2.99. The molecule has 1 heterocycles. The molecule has 0 aromatic heterocycles. The second-order valence-electron chi connectivity index (χ2n) is 7.45. The summed E-state index contributed by atoms with van der Waals surface area (Å²) in [5, 5.41) is 2.44. The minimum absolute atomic E-state index is 0.0185. The number of amides is 1. The van der Waals surface area contributed by atoms with Crippen LogP contribution in [-0.4, -0.2) is 80.4 Å². The van der Waals surface area contributed by atoms with E-state index in [1.165, 1.54) is 0 Å². The van der Waals surface area contributed by atoms with Crippen LogP contribution in [0.4, 0.5) is 4.79 Å². The number of benzene rings is 1. The fraction of sp³-hybridized carbons (Fsp3) is 0.542. The number of carbonyl (C=O) groups excluding carboxylic acids is 5. The van der Waals surface area contributed by atoms with E-state index < -0.39 is 94.9 Å². The van der Waals surface area contributed by atoms with Crippen LogP contribution in [-0.2, 0) is 58.9 Å². The van der Waals surface area contributed by atoms with Gasteiger partial charge < -0.3 is 38.5 Å². The van der Waals surface area contributed by atoms with E-state index in [1.54, 1.807) is 24.3 Å². The van der Waals surface area contributed by atoms with Crippen molar-refractivity contribution in [2.45, 2.75) is 64.9 Å². The maximum Gasteiger partial charge on any atom is 0.407 e. The Bertz CT molecular complexity index is 1020. The van der Waals surface area contributed by atoms with Crippen LogP contribution in [0.15, 0.2) is 30.3 Å². The molecule has 1 aromatic carbocycles. The van der Waals surface area contributed by atoms with Crippen molar-refractivity contribution >= 4 is 30.0 Å². The van der Waals surface area contributed by atoms with Gasteiger partial charge in [-0.15, -0.1) is 0 Å². The Morgan fingerprint density at radius 3 is 2.11 bits per heavy atom. The zero-order chi connectivity index (χ0) is 30.2. The first-order valence-electron chi connectivity index (χ1n) is 13.7. The number of carbonyl (C=O) groups is 5. The van der Waals surface area contributed by atoms with Crippen LogP contribution < -0.4 is 5.32 Å². The van der Waals surface area contributed by atoms with Gasteiger partial charge in [0.05, 0.1) is 6.61 Å². The molecular formula is C24H31NO12. The second-order valence-corrected chi connectivity index (χ2v) is 7.45. The van der Waals surface area contributed by atoms with Gasteiger partial charge in [-0.2, -0.15) is 0 Å². The smallest absolute Gasteiger partial charge is 0.407 e. The van der Waals surface area contributed by atoms with E-state index in [0.717, 1.165) is 5.56 Å². The third kappa shape index (κ3) is 10.4. The minimum Gasteiger partial charge on any atom is -0.463 e. The van der Waals surface area contributed by atoms with Gasteiger partial charge in [-0.1, -0.05) is 30.3 Å². The van der Waals surface area contributed by atoms with E-state index in [2.05, 4.69) is 5.32 Å². The average molecular weight is 530 g/mol. The third-order valence-electron chi connectivity index (χ3n) is 4.67. The van der Waals surface area contributed by atoms with Crippen molar-refractivity contribution in [2.24, 2.45) is 0 Å². The first kappa shape index (κ1) is 23.7. The molecule has 0 radical (unpaired) electrons. The summed E-state index contributed by atoms with van der Waals surface area (Å²) in [6.45, 7) is -4.30. The highest BCUT2D eigenvalue weighted by atomic mass is 16.7. The molecule has 1 amide bonds. The summed E-state index contributed by atoms with van der Waals surface area (Å²) in [4.78, 5) is 59.8. The SMILES string of the molecule is [2H]CC(=O)OC[C@H]1OC(OCCNC(=O)OCc2ccccc2)[C@@H](OC(=O)C[2H])[C@@H](OC(=O)C[2H])[C@@H]1OC(=O)C[2H]. The predicted octanol–water partition coefficient (Wildman–Crippen LogP) is 1.01. The summed E-state index contributed by atoms with van der Waals surface area (Å²) in [6, 6.07) is 8.92. The Balaban J connectivity index is 2.18. The lowest BCUT2D eigenvalue weighted by Crippen LogP contribution is -2.63. The van der Waals surface area contributed by atoms with Crippen LogP contribution in [0.25, 0.3) is 0 Å². The lowest BCUT2D eigenvalue weighted by Gasteiger charge is -2.44. The van der Waals surface area contributed by atoms with Crippen LogP contribution in [0, 0.1) is 0 Å². The first-order valence-corrected chi connectivity index (χ1v) is 10.8. The Morgan fingerprint density at radius 2 is 1.46 bits per heavy atom. The quantitative estimate of drug-likeness (QED) is 0.246. The van der Waals surface area contributed by atoms with Crippen LogP contribution in [0.5, 0.6) is 0 Å². The summed E-state index contributed by atoms with van der Waals surface area (Å²) in [5.41, 5.74) is 0.764. The Hall–Kier alpha value is -3.71. The number of ether oxygens (including phenoxy) is 7. The maximum absolute atomic E-state index is 12.1. The fourth-order valence-electron chi connectivity index (χ4n) is 3.28. The molecule has 0 spiro atoms. The number of nitrogens with one attached hydrogen (secondary N) is 1. The lowest BCUT2D eigenvalue weighted by atomic mass is 9.98. The summed E-state index contributed by atoms with van der Waals surface area (Å²) in [6.07, 6.45) is -8.63. The van der Waals surface area contributed by atoms with Crippen molar-refractivity contribution in [3.8, 4) is 0 Å². The monoisotopic (exact) mass is 529 g/mol. The highest BCUT2D eigenvalue weighted by Gasteiger charge is 2.52. The Labute approximate surface area is 219 Å². The predicted molar refractivity (Wildman–Crippen MR) is 123 cm³/mol. The lowest BCUT2D eigenvalue weighted by molar-refractivity contribution is -0.307. The molecule has 1 unspecified atom stereocenters. The standard InChI is InChI=1S/C24H31NO12/c1-14(26)32-13-19-20(34-15(2)27)21(35-16(3)28)22(36-17(4)29)23(37-19)31-11-10-25-24(30)33-12-18-8-6-5-7-9-18/h5-9,19-23H,10-13H2,1-4H3,(H,25,30)/t19-,20-,21+,22+,23?/m1/s1/i1D,2D,3D,4D. The molecule has 1 aromatic rings. The molecule has 37 heavy (non-hydrogen) atoms. The maximum atomic E-state index is 12.1. The summed E-state index contributed by atoms with van der Waals surface area (Å²) in [7, 11) is 0.